The Morgan fingerprint density at radius 2 is 2.19 bits per heavy atom. The first-order chi connectivity index (χ1) is 7.45. The first kappa shape index (κ1) is 12.3. The lowest BCUT2D eigenvalue weighted by Gasteiger charge is -2.23. The van der Waals surface area contributed by atoms with E-state index >= 15 is 0 Å². The van der Waals surface area contributed by atoms with Gasteiger partial charge in [0.25, 0.3) is 11.5 Å². The first-order valence-corrected chi connectivity index (χ1v) is 4.77. The van der Waals surface area contributed by atoms with Gasteiger partial charge in [-0.1, -0.05) is 0 Å². The van der Waals surface area contributed by atoms with Crippen LogP contribution in [0.5, 0.6) is 5.88 Å². The second-order valence-corrected chi connectivity index (χ2v) is 3.57. The zero-order chi connectivity index (χ0) is 12.3. The van der Waals surface area contributed by atoms with Gasteiger partial charge in [0, 0.05) is 19.2 Å². The Morgan fingerprint density at radius 3 is 2.69 bits per heavy atom. The van der Waals surface area contributed by atoms with E-state index in [1.807, 2.05) is 0 Å². The largest absolute Gasteiger partial charge is 0.494 e. The van der Waals surface area contributed by atoms with Crippen LogP contribution in [-0.2, 0) is 0 Å². The maximum absolute atomic E-state index is 11.8. The van der Waals surface area contributed by atoms with Gasteiger partial charge in [-0.2, -0.15) is 0 Å². The fourth-order valence-corrected chi connectivity index (χ4v) is 1.18. The molecule has 0 fully saturated rings. The fraction of sp³-hybridized carbons (Fsp3) is 0.400. The molecule has 6 heteroatoms. The zero-order valence-corrected chi connectivity index (χ0v) is 9.10. The number of likely N-dealkylation sites (N-methyl/N-ethyl adjacent to an activating group) is 1. The van der Waals surface area contributed by atoms with Gasteiger partial charge in [-0.3, -0.25) is 14.6 Å². The molecule has 0 saturated heterocycles. The molecule has 0 aliphatic carbocycles. The predicted molar refractivity (Wildman–Crippen MR) is 57.4 cm³/mol. The van der Waals surface area contributed by atoms with Gasteiger partial charge >= 0.3 is 0 Å². The van der Waals surface area contributed by atoms with Crippen molar-refractivity contribution in [1.82, 2.24) is 9.88 Å². The number of carbonyl (C=O) groups excluding carboxylic acids is 1. The van der Waals surface area contributed by atoms with E-state index in [2.05, 4.69) is 4.98 Å². The number of rotatable bonds is 3. The Bertz CT molecular complexity index is 441. The predicted octanol–water partition coefficient (Wildman–Crippen LogP) is -0.467. The van der Waals surface area contributed by atoms with Crippen LogP contribution in [0.15, 0.2) is 16.9 Å². The molecule has 1 aromatic heterocycles. The van der Waals surface area contributed by atoms with Crippen molar-refractivity contribution in [1.29, 1.82) is 0 Å². The molecule has 0 saturated carbocycles. The molecule has 6 nitrogen and oxygen atoms in total. The molecule has 3 N–H and O–H groups in total. The lowest BCUT2D eigenvalue weighted by Crippen LogP contribution is -2.37. The SMILES string of the molecule is CC(CO)N(C)C(=O)c1cc(O)[nH]c(=O)c1. The smallest absolute Gasteiger partial charge is 0.254 e. The second-order valence-electron chi connectivity index (χ2n) is 3.57. The van der Waals surface area contributed by atoms with E-state index in [9.17, 15) is 9.59 Å². The maximum atomic E-state index is 11.8. The van der Waals surface area contributed by atoms with Crippen molar-refractivity contribution in [2.24, 2.45) is 0 Å². The van der Waals surface area contributed by atoms with Crippen LogP contribution in [0.25, 0.3) is 0 Å². The van der Waals surface area contributed by atoms with Crippen molar-refractivity contribution in [2.45, 2.75) is 13.0 Å². The summed E-state index contributed by atoms with van der Waals surface area (Å²) in [5.41, 5.74) is -0.461. The summed E-state index contributed by atoms with van der Waals surface area (Å²) in [7, 11) is 1.52. The average molecular weight is 226 g/mol. The van der Waals surface area contributed by atoms with Crippen molar-refractivity contribution in [3.8, 4) is 5.88 Å². The molecule has 0 radical (unpaired) electrons. The van der Waals surface area contributed by atoms with Crippen molar-refractivity contribution >= 4 is 5.91 Å². The van der Waals surface area contributed by atoms with Crippen LogP contribution in [0.1, 0.15) is 17.3 Å². The monoisotopic (exact) mass is 226 g/mol. The quantitative estimate of drug-likeness (QED) is 0.649. The fourth-order valence-electron chi connectivity index (χ4n) is 1.18. The number of aromatic amines is 1. The van der Waals surface area contributed by atoms with E-state index in [1.54, 1.807) is 6.92 Å². The number of aromatic nitrogens is 1. The van der Waals surface area contributed by atoms with Crippen LogP contribution < -0.4 is 5.56 Å². The number of carbonyl (C=O) groups is 1. The van der Waals surface area contributed by atoms with Gasteiger partial charge in [0.05, 0.1) is 18.2 Å². The van der Waals surface area contributed by atoms with Gasteiger partial charge < -0.3 is 15.1 Å². The molecule has 1 heterocycles. The highest BCUT2D eigenvalue weighted by Gasteiger charge is 2.17. The molecule has 1 aromatic rings. The van der Waals surface area contributed by atoms with Gasteiger partial charge in [0.15, 0.2) is 5.88 Å². The normalized spacial score (nSPS) is 12.2. The van der Waals surface area contributed by atoms with Crippen molar-refractivity contribution in [3.05, 3.63) is 28.0 Å². The van der Waals surface area contributed by atoms with Crippen molar-refractivity contribution in [3.63, 3.8) is 0 Å². The molecule has 0 aromatic carbocycles. The topological polar surface area (TPSA) is 93.6 Å². The zero-order valence-electron chi connectivity index (χ0n) is 9.10. The number of amides is 1. The van der Waals surface area contributed by atoms with Crippen LogP contribution in [0.3, 0.4) is 0 Å². The molecular formula is C10H14N2O4. The summed E-state index contributed by atoms with van der Waals surface area (Å²) in [6, 6.07) is 1.92. The number of H-pyrrole nitrogens is 1. The summed E-state index contributed by atoms with van der Waals surface area (Å²) in [5.74, 6) is -0.788. The lowest BCUT2D eigenvalue weighted by atomic mass is 10.2. The van der Waals surface area contributed by atoms with Crippen LogP contribution in [0.4, 0.5) is 0 Å². The van der Waals surface area contributed by atoms with Crippen molar-refractivity contribution in [2.75, 3.05) is 13.7 Å². The Morgan fingerprint density at radius 1 is 1.56 bits per heavy atom. The highest BCUT2D eigenvalue weighted by molar-refractivity contribution is 5.94. The van der Waals surface area contributed by atoms with Gasteiger partial charge in [-0.25, -0.2) is 0 Å². The number of aromatic hydroxyl groups is 1. The number of hydrogen-bond acceptors (Lipinski definition) is 4. The van der Waals surface area contributed by atoms with Gasteiger partial charge in [-0.15, -0.1) is 0 Å². The number of hydrogen-bond donors (Lipinski definition) is 3. The third-order valence-corrected chi connectivity index (χ3v) is 2.32. The average Bonchev–Trinajstić information content (AvgIpc) is 2.24. The summed E-state index contributed by atoms with van der Waals surface area (Å²) in [4.78, 5) is 26.3. The minimum absolute atomic E-state index is 0.0871. The van der Waals surface area contributed by atoms with Crippen molar-refractivity contribution < 1.29 is 15.0 Å². The summed E-state index contributed by atoms with van der Waals surface area (Å²) in [6.07, 6.45) is 0. The molecule has 0 aliphatic rings. The van der Waals surface area contributed by atoms with Gasteiger partial charge in [0.1, 0.15) is 0 Å². The van der Waals surface area contributed by atoms with E-state index in [1.165, 1.54) is 18.0 Å². The van der Waals surface area contributed by atoms with E-state index in [0.717, 1.165) is 6.07 Å². The van der Waals surface area contributed by atoms with Crippen LogP contribution in [0.2, 0.25) is 0 Å². The molecule has 1 atom stereocenters. The van der Waals surface area contributed by atoms with E-state index < -0.39 is 11.5 Å². The first-order valence-electron chi connectivity index (χ1n) is 4.77. The van der Waals surface area contributed by atoms with E-state index in [-0.39, 0.29) is 24.1 Å². The van der Waals surface area contributed by atoms with E-state index in [0.29, 0.717) is 0 Å². The molecule has 1 unspecified atom stereocenters. The minimum Gasteiger partial charge on any atom is -0.494 e. The van der Waals surface area contributed by atoms with E-state index in [4.69, 9.17) is 10.2 Å². The molecular weight excluding hydrogens is 212 g/mol. The van der Waals surface area contributed by atoms with Crippen LogP contribution in [-0.4, -0.2) is 45.7 Å². The molecule has 16 heavy (non-hydrogen) atoms. The number of aliphatic hydroxyl groups is 1. The third kappa shape index (κ3) is 2.60. The van der Waals surface area contributed by atoms with Crippen LogP contribution in [0, 0.1) is 0 Å². The molecule has 1 amide bonds. The standard InChI is InChI=1S/C10H14N2O4/c1-6(5-13)12(2)10(16)7-3-8(14)11-9(15)4-7/h3-4,6,13H,5H2,1-2H3,(H2,11,14,15). The molecule has 0 bridgehead atoms. The third-order valence-electron chi connectivity index (χ3n) is 2.32. The maximum Gasteiger partial charge on any atom is 0.254 e. The molecule has 0 spiro atoms. The van der Waals surface area contributed by atoms with Gasteiger partial charge in [0.2, 0.25) is 0 Å². The summed E-state index contributed by atoms with van der Waals surface area (Å²) < 4.78 is 0. The molecule has 88 valence electrons. The van der Waals surface area contributed by atoms with Crippen LogP contribution >= 0.6 is 0 Å². The number of nitrogens with zero attached hydrogens (tertiary/aromatic N) is 1. The highest BCUT2D eigenvalue weighted by Crippen LogP contribution is 2.08. The summed E-state index contributed by atoms with van der Waals surface area (Å²) >= 11 is 0. The number of nitrogens with one attached hydrogen (secondary N) is 1. The Kier molecular flexibility index (Phi) is 3.68. The Hall–Kier alpha value is -1.82. The molecule has 1 rings (SSSR count). The number of aliphatic hydroxyl groups excluding tert-OH is 1. The summed E-state index contributed by atoms with van der Waals surface area (Å²) in [5, 5.41) is 18.0. The highest BCUT2D eigenvalue weighted by atomic mass is 16.3. The second kappa shape index (κ2) is 4.80. The van der Waals surface area contributed by atoms with Gasteiger partial charge in [-0.05, 0) is 6.92 Å². The lowest BCUT2D eigenvalue weighted by molar-refractivity contribution is 0.0681. The summed E-state index contributed by atoms with van der Waals surface area (Å²) in [6.45, 7) is 1.50. The number of pyridine rings is 1. The Balaban J connectivity index is 3.00. The minimum atomic E-state index is -0.548. The molecule has 0 aliphatic heterocycles. The Labute approximate surface area is 92.1 Å².